The molecule has 164 valence electrons. The largest absolute Gasteiger partial charge is 0.507 e. The van der Waals surface area contributed by atoms with Gasteiger partial charge >= 0.3 is 0 Å². The number of hydrogen-bond donors (Lipinski definition) is 1. The van der Waals surface area contributed by atoms with Gasteiger partial charge in [0.25, 0.3) is 11.7 Å². The molecule has 4 rings (SSSR count). The maximum atomic E-state index is 13.1. The van der Waals surface area contributed by atoms with Crippen molar-refractivity contribution in [2.24, 2.45) is 0 Å². The quantitative estimate of drug-likeness (QED) is 0.356. The minimum Gasteiger partial charge on any atom is -0.507 e. The first kappa shape index (κ1) is 21.2. The number of nitrogens with zero attached hydrogens (tertiary/aromatic N) is 1. The van der Waals surface area contributed by atoms with Crippen LogP contribution in [-0.2, 0) is 16.1 Å². The number of aliphatic hydroxyl groups is 1. The molecule has 0 spiro atoms. The van der Waals surface area contributed by atoms with Crippen LogP contribution in [0.3, 0.4) is 0 Å². The number of amides is 1. The summed E-state index contributed by atoms with van der Waals surface area (Å²) in [5, 5.41) is 11.2. The van der Waals surface area contributed by atoms with Crippen molar-refractivity contribution >= 4 is 17.4 Å². The Morgan fingerprint density at radius 2 is 1.81 bits per heavy atom. The fraction of sp³-hybridized carbons (Fsp3) is 0.200. The lowest BCUT2D eigenvalue weighted by molar-refractivity contribution is -0.140. The maximum Gasteiger partial charge on any atom is 0.296 e. The molecule has 1 saturated heterocycles. The van der Waals surface area contributed by atoms with Crippen molar-refractivity contribution in [3.05, 3.63) is 88.9 Å². The summed E-state index contributed by atoms with van der Waals surface area (Å²) < 4.78 is 16.0. The molecule has 1 fully saturated rings. The molecule has 7 nitrogen and oxygen atoms in total. The summed E-state index contributed by atoms with van der Waals surface area (Å²) >= 11 is 0. The number of hydrogen-bond acceptors (Lipinski definition) is 6. The Kier molecular flexibility index (Phi) is 5.73. The van der Waals surface area contributed by atoms with Crippen LogP contribution in [0, 0.1) is 6.92 Å². The highest BCUT2D eigenvalue weighted by Crippen LogP contribution is 2.41. The van der Waals surface area contributed by atoms with Crippen LogP contribution >= 0.6 is 0 Å². The number of methoxy groups -OCH3 is 2. The van der Waals surface area contributed by atoms with Gasteiger partial charge in [-0.05, 0) is 42.8 Å². The Hall–Kier alpha value is -4.00. The molecule has 1 aliphatic heterocycles. The van der Waals surface area contributed by atoms with Crippen molar-refractivity contribution in [2.45, 2.75) is 19.5 Å². The fourth-order valence-corrected chi connectivity index (χ4v) is 3.94. The first-order valence-corrected chi connectivity index (χ1v) is 10.0. The SMILES string of the molecule is COc1ccc(/C(O)=C2/C(=O)C(=O)N(Cc3ccco3)C2c2cccc(C)c2)cc1OC. The Morgan fingerprint density at radius 3 is 2.47 bits per heavy atom. The molecule has 7 heteroatoms. The predicted octanol–water partition coefficient (Wildman–Crippen LogP) is 4.23. The summed E-state index contributed by atoms with van der Waals surface area (Å²) in [4.78, 5) is 27.5. The van der Waals surface area contributed by atoms with Gasteiger partial charge < -0.3 is 23.9 Å². The molecule has 0 aliphatic carbocycles. The molecule has 1 amide bonds. The van der Waals surface area contributed by atoms with E-state index in [0.29, 0.717) is 22.8 Å². The predicted molar refractivity (Wildman–Crippen MR) is 117 cm³/mol. The maximum absolute atomic E-state index is 13.1. The van der Waals surface area contributed by atoms with E-state index < -0.39 is 17.7 Å². The van der Waals surface area contributed by atoms with Crippen LogP contribution in [0.25, 0.3) is 5.76 Å². The first-order valence-electron chi connectivity index (χ1n) is 10.0. The van der Waals surface area contributed by atoms with E-state index in [1.165, 1.54) is 25.4 Å². The fourth-order valence-electron chi connectivity index (χ4n) is 3.94. The van der Waals surface area contributed by atoms with Crippen LogP contribution in [0.4, 0.5) is 0 Å². The van der Waals surface area contributed by atoms with Gasteiger partial charge in [0.05, 0.1) is 38.6 Å². The lowest BCUT2D eigenvalue weighted by Crippen LogP contribution is -2.29. The third kappa shape index (κ3) is 3.73. The van der Waals surface area contributed by atoms with Gasteiger partial charge in [-0.3, -0.25) is 9.59 Å². The molecule has 1 atom stereocenters. The van der Waals surface area contributed by atoms with Crippen LogP contribution in [0.1, 0.15) is 28.5 Å². The second kappa shape index (κ2) is 8.63. The summed E-state index contributed by atoms with van der Waals surface area (Å²) in [7, 11) is 2.99. The normalized spacial score (nSPS) is 17.6. The molecule has 2 heterocycles. The van der Waals surface area contributed by atoms with Crippen molar-refractivity contribution < 1.29 is 28.6 Å². The third-order valence-corrected chi connectivity index (χ3v) is 5.46. The number of ether oxygens (including phenoxy) is 2. The highest BCUT2D eigenvalue weighted by atomic mass is 16.5. The summed E-state index contributed by atoms with van der Waals surface area (Å²) in [6.07, 6.45) is 1.51. The molecule has 1 aliphatic rings. The molecule has 1 N–H and O–H groups in total. The number of furan rings is 1. The van der Waals surface area contributed by atoms with Crippen molar-refractivity contribution in [2.75, 3.05) is 14.2 Å². The summed E-state index contributed by atoms with van der Waals surface area (Å²) in [6.45, 7) is 2.02. The van der Waals surface area contributed by atoms with Crippen molar-refractivity contribution in [3.8, 4) is 11.5 Å². The molecular formula is C25H23NO6. The molecule has 0 bridgehead atoms. The van der Waals surface area contributed by atoms with E-state index in [1.807, 2.05) is 31.2 Å². The number of aliphatic hydroxyl groups excluding tert-OH is 1. The highest BCUT2D eigenvalue weighted by Gasteiger charge is 2.46. The zero-order valence-electron chi connectivity index (χ0n) is 18.0. The summed E-state index contributed by atoms with van der Waals surface area (Å²) in [6, 6.07) is 15.0. The molecule has 3 aromatic rings. The molecule has 32 heavy (non-hydrogen) atoms. The van der Waals surface area contributed by atoms with E-state index in [4.69, 9.17) is 13.9 Å². The van der Waals surface area contributed by atoms with Crippen LogP contribution in [0.15, 0.2) is 70.9 Å². The molecule has 0 radical (unpaired) electrons. The van der Waals surface area contributed by atoms with E-state index >= 15 is 0 Å². The Balaban J connectivity index is 1.88. The Labute approximate surface area is 185 Å². The minimum absolute atomic E-state index is 0.0133. The average Bonchev–Trinajstić information content (AvgIpc) is 3.40. The van der Waals surface area contributed by atoms with Gasteiger partial charge in [-0.15, -0.1) is 0 Å². The topological polar surface area (TPSA) is 89.2 Å². The lowest BCUT2D eigenvalue weighted by atomic mass is 9.94. The summed E-state index contributed by atoms with van der Waals surface area (Å²) in [5.41, 5.74) is 2.05. The van der Waals surface area contributed by atoms with Crippen LogP contribution in [-0.4, -0.2) is 35.9 Å². The van der Waals surface area contributed by atoms with Crippen molar-refractivity contribution in [3.63, 3.8) is 0 Å². The number of aryl methyl sites for hydroxylation is 1. The van der Waals surface area contributed by atoms with Crippen LogP contribution in [0.5, 0.6) is 11.5 Å². The Bertz CT molecular complexity index is 1190. The zero-order valence-corrected chi connectivity index (χ0v) is 18.0. The number of carbonyl (C=O) groups excluding carboxylic acids is 2. The van der Waals surface area contributed by atoms with E-state index in [9.17, 15) is 14.7 Å². The molecular weight excluding hydrogens is 410 g/mol. The highest BCUT2D eigenvalue weighted by molar-refractivity contribution is 6.46. The van der Waals surface area contributed by atoms with Gasteiger partial charge in [0.15, 0.2) is 11.5 Å². The van der Waals surface area contributed by atoms with Crippen molar-refractivity contribution in [1.82, 2.24) is 4.90 Å². The number of carbonyl (C=O) groups is 2. The van der Waals surface area contributed by atoms with Crippen LogP contribution < -0.4 is 9.47 Å². The summed E-state index contributed by atoms with van der Waals surface area (Å²) in [5.74, 6) is -0.315. The number of ketones is 1. The van der Waals surface area contributed by atoms with E-state index in [0.717, 1.165) is 11.1 Å². The molecule has 1 unspecified atom stereocenters. The second-order valence-corrected chi connectivity index (χ2v) is 7.49. The average molecular weight is 433 g/mol. The lowest BCUT2D eigenvalue weighted by Gasteiger charge is -2.24. The van der Waals surface area contributed by atoms with Gasteiger partial charge in [0.2, 0.25) is 0 Å². The molecule has 1 aromatic heterocycles. The number of Topliss-reactive ketones (excluding diaryl/α,β-unsaturated/α-hetero) is 1. The standard InChI is InChI=1S/C25H23NO6/c1-15-6-4-7-16(12-15)22-21(23(27)17-9-10-19(30-2)20(13-17)31-3)24(28)25(29)26(22)14-18-8-5-11-32-18/h4-13,22,27H,14H2,1-3H3/b23-21-. The molecule has 2 aromatic carbocycles. The number of likely N-dealkylation sites (tertiary alicyclic amines) is 1. The van der Waals surface area contributed by atoms with Gasteiger partial charge in [-0.1, -0.05) is 29.8 Å². The number of rotatable bonds is 6. The van der Waals surface area contributed by atoms with Crippen molar-refractivity contribution in [1.29, 1.82) is 0 Å². The Morgan fingerprint density at radius 1 is 1.03 bits per heavy atom. The zero-order chi connectivity index (χ0) is 22.8. The first-order chi connectivity index (χ1) is 15.4. The van der Waals surface area contributed by atoms with E-state index in [2.05, 4.69) is 0 Å². The van der Waals surface area contributed by atoms with Gasteiger partial charge in [-0.2, -0.15) is 0 Å². The van der Waals surface area contributed by atoms with Gasteiger partial charge in [-0.25, -0.2) is 0 Å². The van der Waals surface area contributed by atoms with E-state index in [-0.39, 0.29) is 17.9 Å². The smallest absolute Gasteiger partial charge is 0.296 e. The minimum atomic E-state index is -0.770. The van der Waals surface area contributed by atoms with Gasteiger partial charge in [0.1, 0.15) is 11.5 Å². The van der Waals surface area contributed by atoms with Crippen LogP contribution in [0.2, 0.25) is 0 Å². The number of benzene rings is 2. The monoisotopic (exact) mass is 433 g/mol. The second-order valence-electron chi connectivity index (χ2n) is 7.49. The molecule has 0 saturated carbocycles. The van der Waals surface area contributed by atoms with Gasteiger partial charge in [0, 0.05) is 5.56 Å². The third-order valence-electron chi connectivity index (χ3n) is 5.46. The van der Waals surface area contributed by atoms with E-state index in [1.54, 1.807) is 30.3 Å².